The number of halogens is 3. The van der Waals surface area contributed by atoms with Gasteiger partial charge in [-0.2, -0.15) is 5.10 Å². The summed E-state index contributed by atoms with van der Waals surface area (Å²) in [5.41, 5.74) is 5.68. The zero-order valence-electron chi connectivity index (χ0n) is 21.6. The lowest BCUT2D eigenvalue weighted by Gasteiger charge is -2.34. The second-order valence-electron chi connectivity index (χ2n) is 9.61. The number of anilines is 1. The third kappa shape index (κ3) is 5.14. The Labute approximate surface area is 232 Å². The van der Waals surface area contributed by atoms with Gasteiger partial charge in [-0.15, -0.1) is 18.3 Å². The van der Waals surface area contributed by atoms with E-state index in [0.29, 0.717) is 11.6 Å². The summed E-state index contributed by atoms with van der Waals surface area (Å²) in [7, 11) is 0. The lowest BCUT2D eigenvalue weighted by atomic mass is 10.0. The lowest BCUT2D eigenvalue weighted by Crippen LogP contribution is -2.39. The molecule has 0 aliphatic carbocycles. The van der Waals surface area contributed by atoms with Crippen LogP contribution in [0, 0.1) is 0 Å². The molecule has 0 saturated carbocycles. The summed E-state index contributed by atoms with van der Waals surface area (Å²) >= 11 is 1.67. The first kappa shape index (κ1) is 25.9. The molecule has 0 radical (unpaired) electrons. The maximum atomic E-state index is 12.5. The highest BCUT2D eigenvalue weighted by Gasteiger charge is 2.31. The standard InChI is InChI=1S/C30H24F3N5OS/c1-19(2)24-5-3-4-6-26(24)38-18-40-29(38)36-35-16-20-7-13-25-21(15-20)8-14-27-28(25)34-17-37(27)22-9-11-23(12-10-22)39-30(31,32)33/h3-17,19H,18H2,1-2H3/b35-16+,36-29+. The Balaban J connectivity index is 1.22. The molecule has 40 heavy (non-hydrogen) atoms. The quantitative estimate of drug-likeness (QED) is 0.156. The number of thioether (sulfide) groups is 1. The fourth-order valence-corrected chi connectivity index (χ4v) is 5.45. The Morgan fingerprint density at radius 2 is 1.80 bits per heavy atom. The highest BCUT2D eigenvalue weighted by Crippen LogP contribution is 2.35. The van der Waals surface area contributed by atoms with Crippen LogP contribution in [0.5, 0.6) is 5.75 Å². The summed E-state index contributed by atoms with van der Waals surface area (Å²) in [4.78, 5) is 6.77. The molecule has 0 atom stereocenters. The Kier molecular flexibility index (Phi) is 6.71. The molecule has 0 bridgehead atoms. The fraction of sp³-hybridized carbons (Fsp3) is 0.167. The van der Waals surface area contributed by atoms with Gasteiger partial charge >= 0.3 is 6.36 Å². The topological polar surface area (TPSA) is 55.0 Å². The molecule has 1 aliphatic heterocycles. The lowest BCUT2D eigenvalue weighted by molar-refractivity contribution is -0.274. The Morgan fingerprint density at radius 3 is 2.52 bits per heavy atom. The fourth-order valence-electron chi connectivity index (χ4n) is 4.73. The van der Waals surface area contributed by atoms with E-state index in [-0.39, 0.29) is 5.75 Å². The van der Waals surface area contributed by atoms with Gasteiger partial charge in [-0.25, -0.2) is 4.98 Å². The Bertz CT molecular complexity index is 1760. The second-order valence-corrected chi connectivity index (χ2v) is 10.5. The van der Waals surface area contributed by atoms with Crippen molar-refractivity contribution in [2.75, 3.05) is 10.8 Å². The molecule has 6 rings (SSSR count). The summed E-state index contributed by atoms with van der Waals surface area (Å²) in [6, 6.07) is 24.0. The first-order valence-corrected chi connectivity index (χ1v) is 13.6. The van der Waals surface area contributed by atoms with Gasteiger partial charge in [-0.3, -0.25) is 4.57 Å². The molecule has 202 valence electrons. The summed E-state index contributed by atoms with van der Waals surface area (Å²) < 4.78 is 43.3. The second kappa shape index (κ2) is 10.3. The van der Waals surface area contributed by atoms with Crippen LogP contribution in [0.3, 0.4) is 0 Å². The van der Waals surface area contributed by atoms with Gasteiger partial charge < -0.3 is 9.64 Å². The zero-order valence-corrected chi connectivity index (χ0v) is 22.4. The van der Waals surface area contributed by atoms with Crippen molar-refractivity contribution < 1.29 is 17.9 Å². The number of rotatable bonds is 6. The molecule has 0 amide bonds. The molecule has 0 unspecified atom stereocenters. The van der Waals surface area contributed by atoms with Crippen LogP contribution in [0.1, 0.15) is 30.9 Å². The van der Waals surface area contributed by atoms with E-state index in [1.165, 1.54) is 23.4 Å². The molecule has 1 saturated heterocycles. The number of hydrogen-bond donors (Lipinski definition) is 0. The number of nitrogens with zero attached hydrogens (tertiary/aromatic N) is 5. The zero-order chi connectivity index (χ0) is 27.9. The van der Waals surface area contributed by atoms with E-state index >= 15 is 0 Å². The van der Waals surface area contributed by atoms with Crippen molar-refractivity contribution in [3.63, 3.8) is 0 Å². The van der Waals surface area contributed by atoms with Crippen LogP contribution in [-0.2, 0) is 0 Å². The molecule has 6 nitrogen and oxygen atoms in total. The predicted molar refractivity (Wildman–Crippen MR) is 156 cm³/mol. The highest BCUT2D eigenvalue weighted by atomic mass is 32.2. The first-order valence-electron chi connectivity index (χ1n) is 12.6. The van der Waals surface area contributed by atoms with Crippen LogP contribution >= 0.6 is 11.8 Å². The smallest absolute Gasteiger partial charge is 0.406 e. The van der Waals surface area contributed by atoms with Crippen LogP contribution in [0.15, 0.2) is 95.4 Å². The minimum Gasteiger partial charge on any atom is -0.406 e. The average molecular weight is 560 g/mol. The number of amidine groups is 1. The van der Waals surface area contributed by atoms with Gasteiger partial charge in [0.15, 0.2) is 5.17 Å². The molecule has 0 spiro atoms. The van der Waals surface area contributed by atoms with Crippen molar-refractivity contribution >= 4 is 50.6 Å². The Morgan fingerprint density at radius 1 is 1.00 bits per heavy atom. The largest absolute Gasteiger partial charge is 0.573 e. The molecular weight excluding hydrogens is 535 g/mol. The van der Waals surface area contributed by atoms with Crippen LogP contribution in [0.2, 0.25) is 0 Å². The van der Waals surface area contributed by atoms with Crippen molar-refractivity contribution in [1.29, 1.82) is 0 Å². The number of ether oxygens (including phenoxy) is 1. The molecule has 0 N–H and O–H groups in total. The third-order valence-electron chi connectivity index (χ3n) is 6.66. The van der Waals surface area contributed by atoms with E-state index in [9.17, 15) is 13.2 Å². The van der Waals surface area contributed by atoms with E-state index in [4.69, 9.17) is 0 Å². The van der Waals surface area contributed by atoms with Crippen LogP contribution < -0.4 is 9.64 Å². The van der Waals surface area contributed by atoms with Crippen molar-refractivity contribution in [3.8, 4) is 11.4 Å². The number of para-hydroxylation sites is 1. The third-order valence-corrected chi connectivity index (χ3v) is 7.61. The number of fused-ring (bicyclic) bond motifs is 3. The van der Waals surface area contributed by atoms with Gasteiger partial charge in [0.25, 0.3) is 0 Å². The van der Waals surface area contributed by atoms with E-state index in [1.807, 2.05) is 41.0 Å². The van der Waals surface area contributed by atoms with Crippen molar-refractivity contribution in [2.24, 2.45) is 10.2 Å². The number of hydrogen-bond acceptors (Lipinski definition) is 5. The van der Waals surface area contributed by atoms with E-state index in [0.717, 1.165) is 38.4 Å². The van der Waals surface area contributed by atoms with E-state index in [1.54, 1.807) is 36.4 Å². The van der Waals surface area contributed by atoms with Gasteiger partial charge in [-0.1, -0.05) is 62.0 Å². The predicted octanol–water partition coefficient (Wildman–Crippen LogP) is 8.10. The SMILES string of the molecule is CC(C)c1ccccc1N1CS/C1=N/N=C/c1ccc2c(ccc3c2ncn3-c2ccc(OC(F)(F)F)cc2)c1. The summed E-state index contributed by atoms with van der Waals surface area (Å²) in [6.45, 7) is 4.38. The van der Waals surface area contributed by atoms with E-state index in [2.05, 4.69) is 56.9 Å². The molecule has 1 aromatic heterocycles. The van der Waals surface area contributed by atoms with Gasteiger partial charge in [0.1, 0.15) is 12.1 Å². The van der Waals surface area contributed by atoms with E-state index < -0.39 is 6.36 Å². The molecule has 1 fully saturated rings. The summed E-state index contributed by atoms with van der Waals surface area (Å²) in [5, 5.41) is 11.6. The number of benzene rings is 4. The maximum Gasteiger partial charge on any atom is 0.573 e. The number of imidazole rings is 1. The monoisotopic (exact) mass is 559 g/mol. The van der Waals surface area contributed by atoms with Crippen molar-refractivity contribution in [3.05, 3.63) is 96.3 Å². The van der Waals surface area contributed by atoms with Crippen LogP contribution in [-0.4, -0.2) is 33.2 Å². The van der Waals surface area contributed by atoms with Crippen LogP contribution in [0.4, 0.5) is 18.9 Å². The summed E-state index contributed by atoms with van der Waals surface area (Å²) in [5.74, 6) is 0.997. The average Bonchev–Trinajstić information content (AvgIpc) is 3.35. The normalized spacial score (nSPS) is 15.1. The molecule has 4 aromatic carbocycles. The number of alkyl halides is 3. The Hall–Kier alpha value is -4.31. The molecule has 5 aromatic rings. The van der Waals surface area contributed by atoms with Gasteiger partial charge in [0.2, 0.25) is 0 Å². The van der Waals surface area contributed by atoms with Gasteiger partial charge in [-0.05, 0) is 64.9 Å². The molecular formula is C30H24F3N5OS. The number of aromatic nitrogens is 2. The van der Waals surface area contributed by atoms with Gasteiger partial charge in [0, 0.05) is 16.8 Å². The minimum absolute atomic E-state index is 0.269. The first-order chi connectivity index (χ1) is 19.3. The summed E-state index contributed by atoms with van der Waals surface area (Å²) in [6.07, 6.45) is -1.32. The molecule has 1 aliphatic rings. The van der Waals surface area contributed by atoms with Crippen LogP contribution in [0.25, 0.3) is 27.5 Å². The van der Waals surface area contributed by atoms with Gasteiger partial charge in [0.05, 0.1) is 23.1 Å². The molecule has 2 heterocycles. The molecule has 10 heteroatoms. The van der Waals surface area contributed by atoms with Crippen molar-refractivity contribution in [1.82, 2.24) is 9.55 Å². The highest BCUT2D eigenvalue weighted by molar-refractivity contribution is 8.16. The maximum absolute atomic E-state index is 12.5. The minimum atomic E-state index is -4.73. The van der Waals surface area contributed by atoms with Crippen molar-refractivity contribution in [2.45, 2.75) is 26.1 Å².